The summed E-state index contributed by atoms with van der Waals surface area (Å²) in [6.07, 6.45) is 0. The van der Waals surface area contributed by atoms with Crippen LogP contribution in [0.15, 0.2) is 153 Å². The standard InChI is InChI=1S/C36H22N4O4S2/c41-39(42)31-21-23(37-27-9-1-5-13-33(27)45-34-14-6-2-10-28(34)37)17-19-25(31)26-20-18-24(22-32(26)40(43)44)38-29-11-3-7-15-35(29)46-36-16-8-4-12-30(36)38/h1-22H. The molecule has 0 bridgehead atoms. The van der Waals surface area contributed by atoms with E-state index in [-0.39, 0.29) is 22.5 Å². The average molecular weight is 639 g/mol. The molecule has 0 N–H and O–H groups in total. The highest BCUT2D eigenvalue weighted by Gasteiger charge is 2.31. The topological polar surface area (TPSA) is 92.8 Å². The minimum atomic E-state index is -0.471. The summed E-state index contributed by atoms with van der Waals surface area (Å²) in [5, 5.41) is 25.2. The smallest absolute Gasteiger partial charge is 0.279 e. The van der Waals surface area contributed by atoms with Gasteiger partial charge in [0.1, 0.15) is 0 Å². The first-order chi connectivity index (χ1) is 22.5. The van der Waals surface area contributed by atoms with Gasteiger partial charge in [0.05, 0.1) is 55.1 Å². The number of hydrogen-bond acceptors (Lipinski definition) is 8. The van der Waals surface area contributed by atoms with Crippen molar-refractivity contribution in [1.82, 2.24) is 0 Å². The minimum absolute atomic E-state index is 0.176. The van der Waals surface area contributed by atoms with Gasteiger partial charge in [-0.1, -0.05) is 72.1 Å². The molecule has 0 unspecified atom stereocenters. The van der Waals surface area contributed by atoms with Gasteiger partial charge in [-0.3, -0.25) is 20.2 Å². The summed E-state index contributed by atoms with van der Waals surface area (Å²) in [7, 11) is 0. The Kier molecular flexibility index (Phi) is 6.74. The monoisotopic (exact) mass is 638 g/mol. The van der Waals surface area contributed by atoms with Crippen molar-refractivity contribution < 1.29 is 9.85 Å². The quantitative estimate of drug-likeness (QED) is 0.136. The number of benzene rings is 6. The molecule has 0 spiro atoms. The van der Waals surface area contributed by atoms with E-state index in [9.17, 15) is 20.2 Å². The molecule has 0 aromatic heterocycles. The van der Waals surface area contributed by atoms with Gasteiger partial charge in [-0.2, -0.15) is 0 Å². The minimum Gasteiger partial charge on any atom is -0.308 e. The molecule has 2 heterocycles. The number of anilines is 6. The summed E-state index contributed by atoms with van der Waals surface area (Å²) in [6.45, 7) is 0. The predicted molar refractivity (Wildman–Crippen MR) is 183 cm³/mol. The van der Waals surface area contributed by atoms with Crippen molar-refractivity contribution >= 4 is 69.0 Å². The van der Waals surface area contributed by atoms with Crippen LogP contribution in [0.5, 0.6) is 0 Å². The van der Waals surface area contributed by atoms with E-state index < -0.39 is 9.85 Å². The Hall–Kier alpha value is -5.58. The lowest BCUT2D eigenvalue weighted by molar-refractivity contribution is -0.386. The van der Waals surface area contributed by atoms with Gasteiger partial charge in [-0.15, -0.1) is 0 Å². The third-order valence-electron chi connectivity index (χ3n) is 8.03. The number of nitro benzene ring substituents is 2. The van der Waals surface area contributed by atoms with Crippen molar-refractivity contribution in [3.63, 3.8) is 0 Å². The fourth-order valence-corrected chi connectivity index (χ4v) is 8.16. The van der Waals surface area contributed by atoms with E-state index in [0.29, 0.717) is 11.4 Å². The highest BCUT2D eigenvalue weighted by molar-refractivity contribution is 8.00. The molecular formula is C36H22N4O4S2. The molecule has 6 aromatic rings. The highest BCUT2D eigenvalue weighted by atomic mass is 32.2. The SMILES string of the molecule is O=[N+]([O-])c1cc(N2c3ccccc3Sc3ccccc32)ccc1-c1ccc(N2c3ccccc3Sc3ccccc32)cc1[N+](=O)[O-]. The van der Waals surface area contributed by atoms with Gasteiger partial charge in [-0.05, 0) is 72.8 Å². The molecule has 8 nitrogen and oxygen atoms in total. The molecule has 222 valence electrons. The van der Waals surface area contributed by atoms with Crippen molar-refractivity contribution in [3.8, 4) is 11.1 Å². The van der Waals surface area contributed by atoms with Gasteiger partial charge in [0.2, 0.25) is 0 Å². The lowest BCUT2D eigenvalue weighted by Crippen LogP contribution is -2.15. The van der Waals surface area contributed by atoms with Crippen molar-refractivity contribution in [2.24, 2.45) is 0 Å². The van der Waals surface area contributed by atoms with E-state index in [0.717, 1.165) is 42.3 Å². The van der Waals surface area contributed by atoms with Gasteiger partial charge in [0.15, 0.2) is 0 Å². The van der Waals surface area contributed by atoms with E-state index in [1.807, 2.05) is 107 Å². The summed E-state index contributed by atoms with van der Waals surface area (Å²) in [6, 6.07) is 41.4. The summed E-state index contributed by atoms with van der Waals surface area (Å²) < 4.78 is 0. The number of nitro groups is 2. The molecule has 0 atom stereocenters. The Morgan fingerprint density at radius 1 is 0.435 bits per heavy atom. The zero-order chi connectivity index (χ0) is 31.4. The second kappa shape index (κ2) is 11.1. The van der Waals surface area contributed by atoms with Crippen molar-refractivity contribution in [3.05, 3.63) is 154 Å². The largest absolute Gasteiger partial charge is 0.308 e. The normalized spacial score (nSPS) is 12.9. The molecule has 2 aliphatic rings. The van der Waals surface area contributed by atoms with E-state index >= 15 is 0 Å². The molecule has 0 saturated carbocycles. The molecule has 0 amide bonds. The molecule has 6 aromatic carbocycles. The third kappa shape index (κ3) is 4.58. The van der Waals surface area contributed by atoms with Crippen molar-refractivity contribution in [2.45, 2.75) is 19.6 Å². The fourth-order valence-electron chi connectivity index (χ4n) is 6.04. The number of para-hydroxylation sites is 4. The molecule has 10 heteroatoms. The van der Waals surface area contributed by atoms with Crippen LogP contribution >= 0.6 is 23.5 Å². The second-order valence-electron chi connectivity index (χ2n) is 10.7. The van der Waals surface area contributed by atoms with Crippen molar-refractivity contribution in [1.29, 1.82) is 0 Å². The maximum atomic E-state index is 12.6. The average Bonchev–Trinajstić information content (AvgIpc) is 3.09. The van der Waals surface area contributed by atoms with Gasteiger partial charge in [0.25, 0.3) is 11.4 Å². The van der Waals surface area contributed by atoms with Crippen LogP contribution in [0, 0.1) is 20.2 Å². The van der Waals surface area contributed by atoms with Crippen LogP contribution in [0.2, 0.25) is 0 Å². The lowest BCUT2D eigenvalue weighted by Gasteiger charge is -2.33. The zero-order valence-electron chi connectivity index (χ0n) is 23.9. The molecule has 0 radical (unpaired) electrons. The molecule has 2 aliphatic heterocycles. The Bertz CT molecular complexity index is 1980. The van der Waals surface area contributed by atoms with Crippen LogP contribution in [-0.4, -0.2) is 9.85 Å². The highest BCUT2D eigenvalue weighted by Crippen LogP contribution is 2.54. The van der Waals surface area contributed by atoms with Crippen LogP contribution < -0.4 is 9.80 Å². The maximum absolute atomic E-state index is 12.6. The summed E-state index contributed by atoms with van der Waals surface area (Å²) >= 11 is 3.29. The van der Waals surface area contributed by atoms with E-state index in [1.54, 1.807) is 47.8 Å². The molecule has 0 aliphatic carbocycles. The second-order valence-corrected chi connectivity index (χ2v) is 12.8. The van der Waals surface area contributed by atoms with Crippen LogP contribution in [-0.2, 0) is 0 Å². The number of nitrogens with zero attached hydrogens (tertiary/aromatic N) is 4. The number of hydrogen-bond donors (Lipinski definition) is 0. The van der Waals surface area contributed by atoms with Crippen LogP contribution in [0.1, 0.15) is 0 Å². The molecule has 0 fully saturated rings. The van der Waals surface area contributed by atoms with Gasteiger partial charge in [-0.25, -0.2) is 0 Å². The van der Waals surface area contributed by atoms with Crippen LogP contribution in [0.4, 0.5) is 45.5 Å². The third-order valence-corrected chi connectivity index (χ3v) is 10.3. The summed E-state index contributed by atoms with van der Waals surface area (Å²) in [5.41, 5.74) is 4.73. The van der Waals surface area contributed by atoms with Gasteiger partial charge < -0.3 is 9.80 Å². The first-order valence-electron chi connectivity index (χ1n) is 14.4. The molecule has 0 saturated heterocycles. The fraction of sp³-hybridized carbons (Fsp3) is 0. The van der Waals surface area contributed by atoms with Crippen LogP contribution in [0.3, 0.4) is 0 Å². The Labute approximate surface area is 272 Å². The number of fused-ring (bicyclic) bond motifs is 4. The molecule has 8 rings (SSSR count). The van der Waals surface area contributed by atoms with Gasteiger partial charge >= 0.3 is 0 Å². The predicted octanol–water partition coefficient (Wildman–Crippen LogP) is 11.0. The summed E-state index contributed by atoms with van der Waals surface area (Å²) in [5.74, 6) is 0. The van der Waals surface area contributed by atoms with Gasteiger partial charge in [0, 0.05) is 31.7 Å². The lowest BCUT2D eigenvalue weighted by atomic mass is 9.99. The molecule has 46 heavy (non-hydrogen) atoms. The maximum Gasteiger partial charge on any atom is 0.279 e. The van der Waals surface area contributed by atoms with E-state index in [2.05, 4.69) is 0 Å². The molecular weight excluding hydrogens is 617 g/mol. The first kappa shape index (κ1) is 27.9. The summed E-state index contributed by atoms with van der Waals surface area (Å²) in [4.78, 5) is 32.3. The van der Waals surface area contributed by atoms with Crippen LogP contribution in [0.25, 0.3) is 11.1 Å². The number of rotatable bonds is 5. The van der Waals surface area contributed by atoms with E-state index in [1.165, 1.54) is 12.1 Å². The Morgan fingerprint density at radius 3 is 1.04 bits per heavy atom. The van der Waals surface area contributed by atoms with Crippen molar-refractivity contribution in [2.75, 3.05) is 9.80 Å². The first-order valence-corrected chi connectivity index (χ1v) is 16.0. The Balaban J connectivity index is 1.27. The Morgan fingerprint density at radius 2 is 0.739 bits per heavy atom. The zero-order valence-corrected chi connectivity index (χ0v) is 25.6. The van der Waals surface area contributed by atoms with E-state index in [4.69, 9.17) is 0 Å².